The average Bonchev–Trinajstić information content (AvgIpc) is 2.82. The summed E-state index contributed by atoms with van der Waals surface area (Å²) in [5.74, 6) is 1.67. The Morgan fingerprint density at radius 3 is 2.32 bits per heavy atom. The molecule has 0 N–H and O–H groups in total. The van der Waals surface area contributed by atoms with Crippen LogP contribution in [0.15, 0.2) is 54.7 Å². The molecule has 3 aromatic rings. The lowest BCUT2D eigenvalue weighted by Crippen LogP contribution is -2.16. The second-order valence-electron chi connectivity index (χ2n) is 9.93. The van der Waals surface area contributed by atoms with E-state index < -0.39 is 0 Å². The molecule has 4 rings (SSSR count). The summed E-state index contributed by atoms with van der Waals surface area (Å²) in [4.78, 5) is 22.7. The summed E-state index contributed by atoms with van der Waals surface area (Å²) in [6, 6.07) is 16.2. The van der Waals surface area contributed by atoms with Crippen LogP contribution in [0.3, 0.4) is 0 Å². The number of Topliss-reactive ketones (excluding diaryl/α,β-unsaturated/α-hetero) is 1. The number of ether oxygens (including phenoxy) is 1. The molecule has 0 unspecified atom stereocenters. The minimum absolute atomic E-state index is 0.143. The molecule has 4 nitrogen and oxygen atoms in total. The number of carbonyl (C=O) groups excluding carboxylic acids is 1. The van der Waals surface area contributed by atoms with Gasteiger partial charge in [0.15, 0.2) is 0 Å². The second-order valence-corrected chi connectivity index (χ2v) is 9.93. The van der Waals surface area contributed by atoms with Crippen LogP contribution in [0.5, 0.6) is 5.75 Å². The molecule has 1 fully saturated rings. The largest absolute Gasteiger partial charge is 0.491 e. The number of ketones is 1. The van der Waals surface area contributed by atoms with E-state index in [-0.39, 0.29) is 11.9 Å². The van der Waals surface area contributed by atoms with E-state index in [0.29, 0.717) is 18.8 Å². The molecule has 34 heavy (non-hydrogen) atoms. The normalized spacial score (nSPS) is 14.4. The van der Waals surface area contributed by atoms with Crippen molar-refractivity contribution in [3.05, 3.63) is 77.2 Å². The van der Waals surface area contributed by atoms with Gasteiger partial charge in [-0.05, 0) is 62.9 Å². The molecule has 0 aliphatic heterocycles. The van der Waals surface area contributed by atoms with Gasteiger partial charge in [0, 0.05) is 12.0 Å². The number of aromatic nitrogens is 2. The van der Waals surface area contributed by atoms with Gasteiger partial charge in [-0.15, -0.1) is 0 Å². The monoisotopic (exact) mass is 456 g/mol. The third kappa shape index (κ3) is 6.75. The molecule has 2 aromatic carbocycles. The van der Waals surface area contributed by atoms with E-state index in [1.165, 1.54) is 37.7 Å². The van der Waals surface area contributed by atoms with Crippen molar-refractivity contribution in [3.8, 4) is 17.0 Å². The zero-order valence-electron chi connectivity index (χ0n) is 20.7. The molecular weight excluding hydrogens is 420 g/mol. The van der Waals surface area contributed by atoms with Crippen LogP contribution in [0.1, 0.15) is 68.5 Å². The lowest BCUT2D eigenvalue weighted by Gasteiger charge is -2.22. The van der Waals surface area contributed by atoms with Gasteiger partial charge in [0.05, 0.1) is 35.8 Å². The van der Waals surface area contributed by atoms with Crippen LogP contribution in [-0.2, 0) is 24.1 Å². The molecule has 0 spiro atoms. The highest BCUT2D eigenvalue weighted by atomic mass is 16.5. The lowest BCUT2D eigenvalue weighted by atomic mass is 9.85. The molecule has 0 bridgehead atoms. The van der Waals surface area contributed by atoms with Crippen molar-refractivity contribution in [2.75, 3.05) is 0 Å². The molecule has 1 aliphatic carbocycles. The summed E-state index contributed by atoms with van der Waals surface area (Å²) in [5.41, 5.74) is 5.96. The maximum atomic E-state index is 12.9. The number of aryl methyl sites for hydroxylation is 1. The zero-order valence-corrected chi connectivity index (χ0v) is 20.7. The molecule has 1 aromatic heterocycles. The number of rotatable bonds is 9. The average molecular weight is 457 g/mol. The number of nitrogens with zero attached hydrogens (tertiary/aromatic N) is 2. The molecule has 4 heteroatoms. The van der Waals surface area contributed by atoms with Crippen molar-refractivity contribution in [1.82, 2.24) is 9.97 Å². The highest BCUT2D eigenvalue weighted by molar-refractivity contribution is 5.83. The summed E-state index contributed by atoms with van der Waals surface area (Å²) in [6.07, 6.45) is 10.0. The molecule has 1 saturated carbocycles. The van der Waals surface area contributed by atoms with Gasteiger partial charge in [0.25, 0.3) is 0 Å². The Hall–Kier alpha value is -3.01. The summed E-state index contributed by atoms with van der Waals surface area (Å²) in [5, 5.41) is 0. The van der Waals surface area contributed by atoms with E-state index in [0.717, 1.165) is 40.4 Å². The van der Waals surface area contributed by atoms with Crippen LogP contribution in [0.2, 0.25) is 0 Å². The molecule has 1 heterocycles. The molecular formula is C30H36N2O2. The van der Waals surface area contributed by atoms with Crippen LogP contribution in [0, 0.1) is 12.8 Å². The van der Waals surface area contributed by atoms with E-state index in [4.69, 9.17) is 14.7 Å². The Balaban J connectivity index is 1.54. The number of benzene rings is 2. The standard InChI is InChI=1S/C30H36N2O2/c1-21(2)34-27-15-13-25(14-16-27)30-20-31-28(29(32-30)18-23-7-5-4-6-8-23)19-26(33)17-24-11-9-22(3)10-12-24/h9-16,20-21,23H,4-8,17-19H2,1-3H3. The fourth-order valence-corrected chi connectivity index (χ4v) is 4.73. The Morgan fingerprint density at radius 1 is 0.941 bits per heavy atom. The number of hydrogen-bond donors (Lipinski definition) is 0. The van der Waals surface area contributed by atoms with Crippen molar-refractivity contribution in [3.63, 3.8) is 0 Å². The Morgan fingerprint density at radius 2 is 1.65 bits per heavy atom. The van der Waals surface area contributed by atoms with E-state index in [1.54, 1.807) is 0 Å². The fourth-order valence-electron chi connectivity index (χ4n) is 4.73. The Kier molecular flexibility index (Phi) is 8.10. The summed E-state index contributed by atoms with van der Waals surface area (Å²) < 4.78 is 5.77. The van der Waals surface area contributed by atoms with E-state index in [1.807, 2.05) is 56.4 Å². The van der Waals surface area contributed by atoms with Gasteiger partial charge in [0.2, 0.25) is 0 Å². The van der Waals surface area contributed by atoms with Crippen molar-refractivity contribution in [2.45, 2.75) is 78.2 Å². The van der Waals surface area contributed by atoms with Gasteiger partial charge in [-0.3, -0.25) is 9.78 Å². The maximum absolute atomic E-state index is 12.9. The number of carbonyl (C=O) groups is 1. The van der Waals surface area contributed by atoms with Crippen LogP contribution >= 0.6 is 0 Å². The second kappa shape index (κ2) is 11.4. The topological polar surface area (TPSA) is 52.1 Å². The summed E-state index contributed by atoms with van der Waals surface area (Å²) >= 11 is 0. The van der Waals surface area contributed by atoms with Gasteiger partial charge in [-0.1, -0.05) is 61.9 Å². The first-order chi connectivity index (χ1) is 16.5. The van der Waals surface area contributed by atoms with E-state index in [9.17, 15) is 4.79 Å². The maximum Gasteiger partial charge on any atom is 0.143 e. The van der Waals surface area contributed by atoms with Gasteiger partial charge in [0.1, 0.15) is 11.5 Å². The first-order valence-corrected chi connectivity index (χ1v) is 12.7. The molecule has 0 radical (unpaired) electrons. The van der Waals surface area contributed by atoms with Crippen LogP contribution in [0.4, 0.5) is 0 Å². The lowest BCUT2D eigenvalue weighted by molar-refractivity contribution is -0.117. The first kappa shape index (κ1) is 24.1. The van der Waals surface area contributed by atoms with Crippen LogP contribution in [0.25, 0.3) is 11.3 Å². The molecule has 0 amide bonds. The third-order valence-electron chi connectivity index (χ3n) is 6.55. The van der Waals surface area contributed by atoms with Crippen molar-refractivity contribution in [1.29, 1.82) is 0 Å². The minimum Gasteiger partial charge on any atom is -0.491 e. The molecule has 1 aliphatic rings. The van der Waals surface area contributed by atoms with Crippen LogP contribution in [-0.4, -0.2) is 21.9 Å². The van der Waals surface area contributed by atoms with Gasteiger partial charge in [-0.25, -0.2) is 4.98 Å². The molecule has 0 saturated heterocycles. The first-order valence-electron chi connectivity index (χ1n) is 12.7. The highest BCUT2D eigenvalue weighted by Crippen LogP contribution is 2.29. The van der Waals surface area contributed by atoms with Crippen molar-refractivity contribution in [2.24, 2.45) is 5.92 Å². The fraction of sp³-hybridized carbons (Fsp3) is 0.433. The number of hydrogen-bond acceptors (Lipinski definition) is 4. The predicted octanol–water partition coefficient (Wildman–Crippen LogP) is 6.72. The highest BCUT2D eigenvalue weighted by Gasteiger charge is 2.19. The molecule has 0 atom stereocenters. The zero-order chi connectivity index (χ0) is 23.9. The van der Waals surface area contributed by atoms with E-state index in [2.05, 4.69) is 19.1 Å². The Labute approximate surface area is 203 Å². The van der Waals surface area contributed by atoms with Crippen molar-refractivity contribution >= 4 is 5.78 Å². The van der Waals surface area contributed by atoms with Gasteiger partial charge < -0.3 is 4.74 Å². The SMILES string of the molecule is Cc1ccc(CC(=O)Cc2ncc(-c3ccc(OC(C)C)cc3)nc2CC2CCCCC2)cc1. The Bertz CT molecular complexity index is 1080. The minimum atomic E-state index is 0.143. The molecule has 178 valence electrons. The van der Waals surface area contributed by atoms with Gasteiger partial charge >= 0.3 is 0 Å². The predicted molar refractivity (Wildman–Crippen MR) is 137 cm³/mol. The smallest absolute Gasteiger partial charge is 0.143 e. The summed E-state index contributed by atoms with van der Waals surface area (Å²) in [6.45, 7) is 6.11. The third-order valence-corrected chi connectivity index (χ3v) is 6.55. The summed E-state index contributed by atoms with van der Waals surface area (Å²) in [7, 11) is 0. The quantitative estimate of drug-likeness (QED) is 0.359. The van der Waals surface area contributed by atoms with Crippen LogP contribution < -0.4 is 4.74 Å². The van der Waals surface area contributed by atoms with Crippen molar-refractivity contribution < 1.29 is 9.53 Å². The van der Waals surface area contributed by atoms with E-state index >= 15 is 0 Å². The van der Waals surface area contributed by atoms with Gasteiger partial charge in [-0.2, -0.15) is 0 Å².